The standard InChI is InChI=1S/C12H24N4/c1-9(2)7-15(5)8-11-10(3)14-16(6)12(11)13-4/h9,13H,7-8H2,1-6H3. The molecule has 92 valence electrons. The lowest BCUT2D eigenvalue weighted by molar-refractivity contribution is 0.288. The fourth-order valence-corrected chi connectivity index (χ4v) is 2.16. The van der Waals surface area contributed by atoms with Crippen molar-refractivity contribution in [3.05, 3.63) is 11.3 Å². The van der Waals surface area contributed by atoms with Crippen molar-refractivity contribution in [3.8, 4) is 0 Å². The topological polar surface area (TPSA) is 33.1 Å². The van der Waals surface area contributed by atoms with Crippen LogP contribution < -0.4 is 5.32 Å². The normalized spacial score (nSPS) is 11.5. The van der Waals surface area contributed by atoms with E-state index in [-0.39, 0.29) is 0 Å². The second kappa shape index (κ2) is 5.34. The summed E-state index contributed by atoms with van der Waals surface area (Å²) in [7, 11) is 6.08. The molecule has 16 heavy (non-hydrogen) atoms. The zero-order valence-corrected chi connectivity index (χ0v) is 11.3. The smallest absolute Gasteiger partial charge is 0.128 e. The second-order valence-corrected chi connectivity index (χ2v) is 4.88. The molecule has 0 aliphatic carbocycles. The van der Waals surface area contributed by atoms with Gasteiger partial charge in [0.05, 0.1) is 5.69 Å². The lowest BCUT2D eigenvalue weighted by Crippen LogP contribution is -2.23. The molecule has 0 fully saturated rings. The quantitative estimate of drug-likeness (QED) is 0.828. The number of hydrogen-bond acceptors (Lipinski definition) is 3. The molecular formula is C12H24N4. The van der Waals surface area contributed by atoms with Crippen molar-refractivity contribution in [2.45, 2.75) is 27.3 Å². The summed E-state index contributed by atoms with van der Waals surface area (Å²) in [4.78, 5) is 2.34. The summed E-state index contributed by atoms with van der Waals surface area (Å²) in [5, 5.41) is 7.66. The summed E-state index contributed by atoms with van der Waals surface area (Å²) in [6.07, 6.45) is 0. The number of rotatable bonds is 5. The van der Waals surface area contributed by atoms with Crippen LogP contribution in [-0.2, 0) is 13.6 Å². The number of aryl methyl sites for hydroxylation is 2. The van der Waals surface area contributed by atoms with Crippen molar-refractivity contribution >= 4 is 5.82 Å². The van der Waals surface area contributed by atoms with Gasteiger partial charge in [0.2, 0.25) is 0 Å². The van der Waals surface area contributed by atoms with Crippen molar-refractivity contribution in [1.29, 1.82) is 0 Å². The maximum Gasteiger partial charge on any atom is 0.128 e. The molecule has 1 heterocycles. The highest BCUT2D eigenvalue weighted by atomic mass is 15.3. The van der Waals surface area contributed by atoms with Crippen LogP contribution in [0.5, 0.6) is 0 Å². The number of anilines is 1. The summed E-state index contributed by atoms with van der Waals surface area (Å²) >= 11 is 0. The maximum atomic E-state index is 4.44. The molecule has 4 nitrogen and oxygen atoms in total. The Hall–Kier alpha value is -1.03. The van der Waals surface area contributed by atoms with Crippen LogP contribution in [0, 0.1) is 12.8 Å². The summed E-state index contributed by atoms with van der Waals surface area (Å²) in [5.41, 5.74) is 2.41. The van der Waals surface area contributed by atoms with Gasteiger partial charge in [-0.1, -0.05) is 13.8 Å². The van der Waals surface area contributed by atoms with Crippen LogP contribution in [0.1, 0.15) is 25.1 Å². The van der Waals surface area contributed by atoms with Crippen LogP contribution in [0.4, 0.5) is 5.82 Å². The number of aromatic nitrogens is 2. The van der Waals surface area contributed by atoms with E-state index in [4.69, 9.17) is 0 Å². The molecule has 0 aliphatic rings. The first-order valence-corrected chi connectivity index (χ1v) is 5.84. The molecule has 0 amide bonds. The predicted molar refractivity (Wildman–Crippen MR) is 68.7 cm³/mol. The van der Waals surface area contributed by atoms with Gasteiger partial charge < -0.3 is 10.2 Å². The van der Waals surface area contributed by atoms with E-state index >= 15 is 0 Å². The van der Waals surface area contributed by atoms with Gasteiger partial charge in [0, 0.05) is 32.7 Å². The first-order valence-electron chi connectivity index (χ1n) is 5.84. The van der Waals surface area contributed by atoms with E-state index < -0.39 is 0 Å². The van der Waals surface area contributed by atoms with Crippen molar-refractivity contribution in [2.24, 2.45) is 13.0 Å². The summed E-state index contributed by atoms with van der Waals surface area (Å²) < 4.78 is 1.91. The molecule has 1 N–H and O–H groups in total. The van der Waals surface area contributed by atoms with Gasteiger partial charge in [0.25, 0.3) is 0 Å². The summed E-state index contributed by atoms with van der Waals surface area (Å²) in [6, 6.07) is 0. The van der Waals surface area contributed by atoms with E-state index in [1.54, 1.807) is 0 Å². The van der Waals surface area contributed by atoms with Crippen LogP contribution >= 0.6 is 0 Å². The van der Waals surface area contributed by atoms with E-state index in [1.807, 2.05) is 18.8 Å². The Bertz CT molecular complexity index is 341. The Kier molecular flexibility index (Phi) is 4.35. The molecule has 0 spiro atoms. The minimum Gasteiger partial charge on any atom is -0.373 e. The molecular weight excluding hydrogens is 200 g/mol. The van der Waals surface area contributed by atoms with Gasteiger partial charge >= 0.3 is 0 Å². The maximum absolute atomic E-state index is 4.44. The first-order chi connectivity index (χ1) is 7.45. The molecule has 4 heteroatoms. The minimum atomic E-state index is 0.694. The van der Waals surface area contributed by atoms with Crippen molar-refractivity contribution in [3.63, 3.8) is 0 Å². The van der Waals surface area contributed by atoms with Gasteiger partial charge in [-0.05, 0) is 19.9 Å². The molecule has 0 atom stereocenters. The molecule has 0 aromatic carbocycles. The largest absolute Gasteiger partial charge is 0.373 e. The van der Waals surface area contributed by atoms with E-state index in [2.05, 4.69) is 43.1 Å². The molecule has 0 aliphatic heterocycles. The van der Waals surface area contributed by atoms with E-state index in [0.29, 0.717) is 5.92 Å². The zero-order chi connectivity index (χ0) is 12.3. The lowest BCUT2D eigenvalue weighted by atomic mass is 10.2. The van der Waals surface area contributed by atoms with Gasteiger partial charge in [-0.15, -0.1) is 0 Å². The van der Waals surface area contributed by atoms with Crippen LogP contribution in [0.2, 0.25) is 0 Å². The van der Waals surface area contributed by atoms with Gasteiger partial charge in [0.1, 0.15) is 5.82 Å². The highest BCUT2D eigenvalue weighted by molar-refractivity contribution is 5.46. The van der Waals surface area contributed by atoms with Crippen molar-refractivity contribution in [1.82, 2.24) is 14.7 Å². The molecule has 0 saturated heterocycles. The Morgan fingerprint density at radius 3 is 2.56 bits per heavy atom. The Labute approximate surface area is 98.6 Å². The average molecular weight is 224 g/mol. The lowest BCUT2D eigenvalue weighted by Gasteiger charge is -2.19. The molecule has 1 aromatic rings. The molecule has 0 bridgehead atoms. The monoisotopic (exact) mass is 224 g/mol. The Morgan fingerprint density at radius 2 is 2.06 bits per heavy atom. The van der Waals surface area contributed by atoms with Crippen LogP contribution in [0.3, 0.4) is 0 Å². The molecule has 0 unspecified atom stereocenters. The van der Waals surface area contributed by atoms with Gasteiger partial charge in [-0.3, -0.25) is 4.68 Å². The molecule has 1 rings (SSSR count). The van der Waals surface area contributed by atoms with Gasteiger partial charge in [-0.25, -0.2) is 0 Å². The van der Waals surface area contributed by atoms with Gasteiger partial charge in [-0.2, -0.15) is 5.10 Å². The third kappa shape index (κ3) is 2.98. The Balaban J connectivity index is 2.79. The van der Waals surface area contributed by atoms with E-state index in [0.717, 1.165) is 24.6 Å². The minimum absolute atomic E-state index is 0.694. The third-order valence-corrected chi connectivity index (χ3v) is 2.69. The summed E-state index contributed by atoms with van der Waals surface area (Å²) in [5.74, 6) is 1.81. The Morgan fingerprint density at radius 1 is 1.44 bits per heavy atom. The second-order valence-electron chi connectivity index (χ2n) is 4.88. The zero-order valence-electron chi connectivity index (χ0n) is 11.3. The number of nitrogens with one attached hydrogen (secondary N) is 1. The van der Waals surface area contributed by atoms with Crippen LogP contribution in [0.25, 0.3) is 0 Å². The van der Waals surface area contributed by atoms with Crippen LogP contribution in [-0.4, -0.2) is 35.3 Å². The number of hydrogen-bond donors (Lipinski definition) is 1. The first kappa shape index (κ1) is 13.0. The summed E-state index contributed by atoms with van der Waals surface area (Å²) in [6.45, 7) is 8.61. The fraction of sp³-hybridized carbons (Fsp3) is 0.750. The molecule has 1 aromatic heterocycles. The predicted octanol–water partition coefficient (Wildman–Crippen LogP) is 1.86. The highest BCUT2D eigenvalue weighted by Gasteiger charge is 2.14. The SMILES string of the molecule is CNc1c(CN(C)CC(C)C)c(C)nn1C. The molecule has 0 saturated carbocycles. The van der Waals surface area contributed by atoms with Crippen molar-refractivity contribution in [2.75, 3.05) is 26.0 Å². The number of nitrogens with zero attached hydrogens (tertiary/aromatic N) is 3. The third-order valence-electron chi connectivity index (χ3n) is 2.69. The van der Waals surface area contributed by atoms with E-state index in [1.165, 1.54) is 5.56 Å². The molecule has 0 radical (unpaired) electrons. The van der Waals surface area contributed by atoms with Gasteiger partial charge in [0.15, 0.2) is 0 Å². The van der Waals surface area contributed by atoms with E-state index in [9.17, 15) is 0 Å². The highest BCUT2D eigenvalue weighted by Crippen LogP contribution is 2.19. The average Bonchev–Trinajstić information content (AvgIpc) is 2.40. The van der Waals surface area contributed by atoms with Crippen LogP contribution in [0.15, 0.2) is 0 Å². The fourth-order valence-electron chi connectivity index (χ4n) is 2.16. The van der Waals surface area contributed by atoms with Crippen molar-refractivity contribution < 1.29 is 0 Å².